The van der Waals surface area contributed by atoms with E-state index in [0.29, 0.717) is 17.8 Å². The van der Waals surface area contributed by atoms with Crippen molar-refractivity contribution in [2.75, 3.05) is 22.8 Å². The third kappa shape index (κ3) is 2.80. The maximum atomic E-state index is 13.2. The zero-order chi connectivity index (χ0) is 18.5. The number of halogens is 2. The van der Waals surface area contributed by atoms with E-state index in [9.17, 15) is 22.3 Å². The van der Waals surface area contributed by atoms with Crippen molar-refractivity contribution in [3.05, 3.63) is 48.2 Å². The molecule has 1 aliphatic carbocycles. The molecule has 2 N–H and O–H groups in total. The number of fused-ring (bicyclic) bond motifs is 1. The molecule has 2 aliphatic heterocycles. The fourth-order valence-corrected chi connectivity index (χ4v) is 4.87. The normalized spacial score (nSPS) is 24.4. The summed E-state index contributed by atoms with van der Waals surface area (Å²) < 4.78 is 53.4. The fraction of sp³-hybridized carbons (Fsp3) is 0.353. The summed E-state index contributed by atoms with van der Waals surface area (Å²) >= 11 is 0. The number of sulfonamides is 1. The van der Waals surface area contributed by atoms with Crippen LogP contribution in [-0.4, -0.2) is 37.2 Å². The van der Waals surface area contributed by atoms with Gasteiger partial charge >= 0.3 is 0 Å². The molecule has 0 spiro atoms. The zero-order valence-electron chi connectivity index (χ0n) is 13.7. The van der Waals surface area contributed by atoms with Gasteiger partial charge in [0.05, 0.1) is 17.8 Å². The van der Waals surface area contributed by atoms with E-state index in [-0.39, 0.29) is 22.7 Å². The van der Waals surface area contributed by atoms with Crippen molar-refractivity contribution in [3.63, 3.8) is 0 Å². The van der Waals surface area contributed by atoms with Crippen molar-refractivity contribution in [2.45, 2.75) is 23.3 Å². The van der Waals surface area contributed by atoms with Gasteiger partial charge < -0.3 is 10.0 Å². The first-order valence-corrected chi connectivity index (χ1v) is 9.63. The standard InChI is InChI=1S/C17H17F2N3O3S/c18-12-3-13(19)5-14(4-12)21-26(24,25)15-1-2-16(20-8-15)22-9-11-6-17(22,7-11)10-23/h1-5,8,11,21,23H,6-7,9-10H2. The lowest BCUT2D eigenvalue weighted by atomic mass is 9.74. The lowest BCUT2D eigenvalue weighted by Gasteiger charge is -2.41. The highest BCUT2D eigenvalue weighted by molar-refractivity contribution is 7.92. The Bertz CT molecular complexity index is 924. The highest BCUT2D eigenvalue weighted by atomic mass is 32.2. The van der Waals surface area contributed by atoms with Gasteiger partial charge in [-0.15, -0.1) is 0 Å². The van der Waals surface area contributed by atoms with Crippen LogP contribution in [0.2, 0.25) is 0 Å². The molecule has 0 unspecified atom stereocenters. The van der Waals surface area contributed by atoms with Crippen molar-refractivity contribution in [1.29, 1.82) is 0 Å². The van der Waals surface area contributed by atoms with Gasteiger partial charge in [-0.1, -0.05) is 0 Å². The minimum atomic E-state index is -4.02. The minimum Gasteiger partial charge on any atom is -0.394 e. The summed E-state index contributed by atoms with van der Waals surface area (Å²) in [5.74, 6) is -0.608. The van der Waals surface area contributed by atoms with Gasteiger partial charge in [0.2, 0.25) is 0 Å². The van der Waals surface area contributed by atoms with Crippen molar-refractivity contribution in [3.8, 4) is 0 Å². The van der Waals surface area contributed by atoms with E-state index in [1.54, 1.807) is 6.07 Å². The second-order valence-corrected chi connectivity index (χ2v) is 8.57. The Morgan fingerprint density at radius 1 is 1.23 bits per heavy atom. The number of aliphatic hydroxyl groups excluding tert-OH is 1. The molecule has 2 saturated heterocycles. The number of pyridine rings is 1. The van der Waals surface area contributed by atoms with Crippen LogP contribution in [0.5, 0.6) is 0 Å². The van der Waals surface area contributed by atoms with Gasteiger partial charge in [0.1, 0.15) is 22.3 Å². The van der Waals surface area contributed by atoms with Crippen LogP contribution >= 0.6 is 0 Å². The quantitative estimate of drug-likeness (QED) is 0.829. The minimum absolute atomic E-state index is 0.0396. The zero-order valence-corrected chi connectivity index (χ0v) is 14.5. The van der Waals surface area contributed by atoms with Crippen LogP contribution in [0.4, 0.5) is 20.3 Å². The van der Waals surface area contributed by atoms with Gasteiger partial charge in [0, 0.05) is 18.8 Å². The molecule has 0 atom stereocenters. The van der Waals surface area contributed by atoms with Gasteiger partial charge in [-0.3, -0.25) is 4.72 Å². The summed E-state index contributed by atoms with van der Waals surface area (Å²) in [5, 5.41) is 9.65. The third-order valence-corrected chi connectivity index (χ3v) is 6.43. The number of rotatable bonds is 5. The number of nitrogens with one attached hydrogen (secondary N) is 1. The Morgan fingerprint density at radius 2 is 1.92 bits per heavy atom. The van der Waals surface area contributed by atoms with Crippen LogP contribution in [0.1, 0.15) is 12.8 Å². The largest absolute Gasteiger partial charge is 0.394 e. The number of hydrogen-bond donors (Lipinski definition) is 2. The molecular formula is C17H17F2N3O3S. The van der Waals surface area contributed by atoms with Gasteiger partial charge in [0.15, 0.2) is 0 Å². The summed E-state index contributed by atoms with van der Waals surface area (Å²) in [6.45, 7) is 0.832. The van der Waals surface area contributed by atoms with Crippen LogP contribution < -0.4 is 9.62 Å². The molecule has 1 aromatic heterocycles. The number of aromatic nitrogens is 1. The highest BCUT2D eigenvalue weighted by Crippen LogP contribution is 2.51. The molecule has 2 aromatic rings. The van der Waals surface area contributed by atoms with E-state index >= 15 is 0 Å². The number of hydrogen-bond acceptors (Lipinski definition) is 5. The molecule has 138 valence electrons. The Kier molecular flexibility index (Phi) is 3.89. The number of nitrogens with zero attached hydrogens (tertiary/aromatic N) is 2. The molecule has 6 nitrogen and oxygen atoms in total. The monoisotopic (exact) mass is 381 g/mol. The molecule has 2 bridgehead atoms. The van der Waals surface area contributed by atoms with Crippen LogP contribution in [-0.2, 0) is 10.0 Å². The summed E-state index contributed by atoms with van der Waals surface area (Å²) in [5.41, 5.74) is -0.485. The second kappa shape index (κ2) is 5.88. The Labute approximate surface area is 149 Å². The van der Waals surface area contributed by atoms with Crippen LogP contribution in [0.25, 0.3) is 0 Å². The second-order valence-electron chi connectivity index (χ2n) is 6.88. The van der Waals surface area contributed by atoms with Crippen molar-refractivity contribution >= 4 is 21.5 Å². The molecule has 0 radical (unpaired) electrons. The molecule has 0 amide bonds. The highest BCUT2D eigenvalue weighted by Gasteiger charge is 2.56. The van der Waals surface area contributed by atoms with E-state index in [4.69, 9.17) is 0 Å². The lowest BCUT2D eigenvalue weighted by Crippen LogP contribution is -2.49. The first kappa shape index (κ1) is 17.2. The number of benzene rings is 1. The molecule has 3 aliphatic rings. The Morgan fingerprint density at radius 3 is 2.50 bits per heavy atom. The van der Waals surface area contributed by atoms with E-state index < -0.39 is 21.7 Å². The van der Waals surface area contributed by atoms with Gasteiger partial charge in [0.25, 0.3) is 10.0 Å². The van der Waals surface area contributed by atoms with Gasteiger partial charge in [-0.25, -0.2) is 22.2 Å². The SMILES string of the molecule is O=S(=O)(Nc1cc(F)cc(F)c1)c1ccc(N2CC3CC2(CO)C3)nc1. The smallest absolute Gasteiger partial charge is 0.263 e. The van der Waals surface area contributed by atoms with Gasteiger partial charge in [-0.2, -0.15) is 0 Å². The van der Waals surface area contributed by atoms with E-state index in [0.717, 1.165) is 31.5 Å². The van der Waals surface area contributed by atoms with Crippen LogP contribution in [0.3, 0.4) is 0 Å². The predicted octanol–water partition coefficient (Wildman–Crippen LogP) is 2.12. The summed E-state index contributed by atoms with van der Waals surface area (Å²) in [6, 6.07) is 5.42. The summed E-state index contributed by atoms with van der Waals surface area (Å²) in [4.78, 5) is 6.12. The van der Waals surface area contributed by atoms with Crippen LogP contribution in [0.15, 0.2) is 41.4 Å². The molecule has 3 fully saturated rings. The van der Waals surface area contributed by atoms with E-state index in [1.165, 1.54) is 12.3 Å². The molecule has 9 heteroatoms. The molecule has 26 heavy (non-hydrogen) atoms. The van der Waals surface area contributed by atoms with Crippen molar-refractivity contribution < 1.29 is 22.3 Å². The summed E-state index contributed by atoms with van der Waals surface area (Å²) in [7, 11) is -4.02. The average molecular weight is 381 g/mol. The predicted molar refractivity (Wildman–Crippen MR) is 91.3 cm³/mol. The third-order valence-electron chi connectivity index (χ3n) is 5.07. The lowest BCUT2D eigenvalue weighted by molar-refractivity contribution is 0.129. The first-order chi connectivity index (χ1) is 12.3. The molecule has 1 saturated carbocycles. The van der Waals surface area contributed by atoms with Crippen molar-refractivity contribution in [1.82, 2.24) is 4.98 Å². The van der Waals surface area contributed by atoms with Crippen LogP contribution in [0, 0.1) is 17.6 Å². The van der Waals surface area contributed by atoms with E-state index in [2.05, 4.69) is 9.71 Å². The summed E-state index contributed by atoms with van der Waals surface area (Å²) in [6.07, 6.45) is 3.03. The topological polar surface area (TPSA) is 82.5 Å². The van der Waals surface area contributed by atoms with Gasteiger partial charge in [-0.05, 0) is 43.0 Å². The Hall–Kier alpha value is -2.26. The number of anilines is 2. The fourth-order valence-electron chi connectivity index (χ4n) is 3.89. The maximum absolute atomic E-state index is 13.2. The molecule has 3 heterocycles. The molecular weight excluding hydrogens is 364 g/mol. The van der Waals surface area contributed by atoms with Crippen molar-refractivity contribution in [2.24, 2.45) is 5.92 Å². The average Bonchev–Trinajstić information content (AvgIpc) is 3.09. The first-order valence-electron chi connectivity index (χ1n) is 8.15. The number of aliphatic hydroxyl groups is 1. The molecule has 1 aromatic carbocycles. The Balaban J connectivity index is 1.56. The van der Waals surface area contributed by atoms with E-state index in [1.807, 2.05) is 4.90 Å². The maximum Gasteiger partial charge on any atom is 0.263 e. The molecule has 5 rings (SSSR count).